The maximum Gasteiger partial charge on any atom is 0.407 e. The number of nitrogens with zero attached hydrogens (tertiary/aromatic N) is 1. The molecule has 1 heterocycles. The number of carbonyl (C=O) groups is 3. The Balaban J connectivity index is 2.05. The third kappa shape index (κ3) is 7.03. The Morgan fingerprint density at radius 2 is 1.72 bits per heavy atom. The van der Waals surface area contributed by atoms with Crippen molar-refractivity contribution in [3.8, 4) is 0 Å². The summed E-state index contributed by atoms with van der Waals surface area (Å²) in [6, 6.07) is 5.58. The summed E-state index contributed by atoms with van der Waals surface area (Å²) >= 11 is 0. The van der Waals surface area contributed by atoms with Crippen molar-refractivity contribution < 1.29 is 29.3 Å². The van der Waals surface area contributed by atoms with Gasteiger partial charge in [0, 0.05) is 31.3 Å². The van der Waals surface area contributed by atoms with Gasteiger partial charge < -0.3 is 30.5 Å². The van der Waals surface area contributed by atoms with Gasteiger partial charge in [-0.1, -0.05) is 0 Å². The van der Waals surface area contributed by atoms with Crippen molar-refractivity contribution in [3.63, 3.8) is 0 Å². The van der Waals surface area contributed by atoms with Gasteiger partial charge in [0.1, 0.15) is 5.60 Å². The molecule has 0 unspecified atom stereocenters. The number of β-amino-alcohol motifs (C(OH)–C–C–N with tert-alkyl or cyclic N) is 2. The molecule has 3 amide bonds. The van der Waals surface area contributed by atoms with Crippen molar-refractivity contribution >= 4 is 23.6 Å². The number of aliphatic hydroxyl groups is 2. The van der Waals surface area contributed by atoms with E-state index in [1.807, 2.05) is 0 Å². The molecule has 1 aromatic carbocycles. The van der Waals surface area contributed by atoms with Crippen molar-refractivity contribution in [3.05, 3.63) is 29.8 Å². The first-order chi connectivity index (χ1) is 13.4. The number of aliphatic hydroxyl groups excluding tert-OH is 2. The third-order valence-electron chi connectivity index (χ3n) is 4.27. The molecule has 0 saturated carbocycles. The van der Waals surface area contributed by atoms with Gasteiger partial charge >= 0.3 is 6.09 Å². The van der Waals surface area contributed by atoms with E-state index in [0.717, 1.165) is 0 Å². The number of nitrogens with one attached hydrogen (secondary N) is 2. The summed E-state index contributed by atoms with van der Waals surface area (Å²) in [5.41, 5.74) is 0.229. The second-order valence-corrected chi connectivity index (χ2v) is 8.18. The molecule has 0 spiro atoms. The van der Waals surface area contributed by atoms with Crippen molar-refractivity contribution in [2.45, 2.75) is 58.0 Å². The number of alkyl carbamates (subject to hydrolysis) is 1. The molecule has 1 aromatic rings. The van der Waals surface area contributed by atoms with Gasteiger partial charge in [-0.3, -0.25) is 9.59 Å². The standard InChI is InChI=1S/C20H29N3O6/c1-12(24)21-14-7-5-13(6-8-14)18(27)23-10-15(25)9-16(17(26)11-23)22-19(28)29-20(2,3)4/h5-8,15-17,25-26H,9-11H2,1-4H3,(H,21,24)(H,22,28)/t15-,16-,17-/m1/s1. The number of benzene rings is 1. The van der Waals surface area contributed by atoms with E-state index in [0.29, 0.717) is 11.3 Å². The molecule has 2 rings (SSSR count). The van der Waals surface area contributed by atoms with Gasteiger partial charge in [-0.15, -0.1) is 0 Å². The molecule has 29 heavy (non-hydrogen) atoms. The number of rotatable bonds is 3. The smallest absolute Gasteiger partial charge is 0.407 e. The molecule has 9 nitrogen and oxygen atoms in total. The largest absolute Gasteiger partial charge is 0.444 e. The average molecular weight is 407 g/mol. The normalized spacial score (nSPS) is 22.4. The van der Waals surface area contributed by atoms with E-state index in [1.165, 1.54) is 11.8 Å². The Bertz CT molecular complexity index is 744. The molecule has 9 heteroatoms. The highest BCUT2D eigenvalue weighted by Crippen LogP contribution is 2.18. The van der Waals surface area contributed by atoms with Gasteiger partial charge in [0.05, 0.1) is 18.2 Å². The Labute approximate surface area is 170 Å². The summed E-state index contributed by atoms with van der Waals surface area (Å²) in [6.45, 7) is 6.54. The Morgan fingerprint density at radius 3 is 2.28 bits per heavy atom. The summed E-state index contributed by atoms with van der Waals surface area (Å²) in [6.07, 6.45) is -2.59. The Kier molecular flexibility index (Phi) is 7.21. The lowest BCUT2D eigenvalue weighted by Crippen LogP contribution is -2.48. The van der Waals surface area contributed by atoms with Crippen LogP contribution in [0.2, 0.25) is 0 Å². The molecule has 0 aliphatic carbocycles. The minimum Gasteiger partial charge on any atom is -0.444 e. The van der Waals surface area contributed by atoms with E-state index in [4.69, 9.17) is 4.74 Å². The van der Waals surface area contributed by atoms with E-state index >= 15 is 0 Å². The maximum atomic E-state index is 12.8. The number of amides is 3. The molecule has 1 fully saturated rings. The number of likely N-dealkylation sites (tertiary alicyclic amines) is 1. The third-order valence-corrected chi connectivity index (χ3v) is 4.27. The zero-order valence-corrected chi connectivity index (χ0v) is 17.1. The van der Waals surface area contributed by atoms with Crippen molar-refractivity contribution in [1.29, 1.82) is 0 Å². The lowest BCUT2D eigenvalue weighted by Gasteiger charge is -2.26. The van der Waals surface area contributed by atoms with Gasteiger partial charge in [0.2, 0.25) is 5.91 Å². The highest BCUT2D eigenvalue weighted by molar-refractivity contribution is 5.95. The van der Waals surface area contributed by atoms with Crippen molar-refractivity contribution in [2.75, 3.05) is 18.4 Å². The Morgan fingerprint density at radius 1 is 1.10 bits per heavy atom. The predicted octanol–water partition coefficient (Wildman–Crippen LogP) is 1.11. The van der Waals surface area contributed by atoms with Crippen LogP contribution in [0.3, 0.4) is 0 Å². The van der Waals surface area contributed by atoms with Crippen LogP contribution in [0, 0.1) is 0 Å². The van der Waals surface area contributed by atoms with Gasteiger partial charge in [-0.05, 0) is 51.5 Å². The highest BCUT2D eigenvalue weighted by atomic mass is 16.6. The maximum absolute atomic E-state index is 12.8. The molecular weight excluding hydrogens is 378 g/mol. The minimum absolute atomic E-state index is 0.0236. The summed E-state index contributed by atoms with van der Waals surface area (Å²) in [5, 5.41) is 26.0. The van der Waals surface area contributed by atoms with Crippen LogP contribution in [0.4, 0.5) is 10.5 Å². The van der Waals surface area contributed by atoms with E-state index in [-0.39, 0.29) is 31.3 Å². The SMILES string of the molecule is CC(=O)Nc1ccc(C(=O)N2C[C@H](O)C[C@@H](NC(=O)OC(C)(C)C)[C@H](O)C2)cc1. The first kappa shape index (κ1) is 22.6. The van der Waals surface area contributed by atoms with Gasteiger partial charge in [0.15, 0.2) is 0 Å². The zero-order valence-electron chi connectivity index (χ0n) is 17.1. The first-order valence-electron chi connectivity index (χ1n) is 9.47. The summed E-state index contributed by atoms with van der Waals surface area (Å²) in [7, 11) is 0. The monoisotopic (exact) mass is 407 g/mol. The second-order valence-electron chi connectivity index (χ2n) is 8.18. The second kappa shape index (κ2) is 9.23. The molecule has 160 valence electrons. The lowest BCUT2D eigenvalue weighted by molar-refractivity contribution is -0.114. The van der Waals surface area contributed by atoms with E-state index in [9.17, 15) is 24.6 Å². The number of hydrogen-bond acceptors (Lipinski definition) is 6. The molecule has 3 atom stereocenters. The molecule has 1 aliphatic heterocycles. The molecule has 0 bridgehead atoms. The molecule has 0 aromatic heterocycles. The minimum atomic E-state index is -1.07. The Hall–Kier alpha value is -2.65. The van der Waals surface area contributed by atoms with Crippen LogP contribution in [-0.2, 0) is 9.53 Å². The summed E-state index contributed by atoms with van der Waals surface area (Å²) in [5.74, 6) is -0.582. The van der Waals surface area contributed by atoms with E-state index in [2.05, 4.69) is 10.6 Å². The molecule has 1 aliphatic rings. The number of anilines is 1. The fourth-order valence-electron chi connectivity index (χ4n) is 3.07. The van der Waals surface area contributed by atoms with Crippen molar-refractivity contribution in [2.24, 2.45) is 0 Å². The molecule has 0 radical (unpaired) electrons. The van der Waals surface area contributed by atoms with Crippen LogP contribution in [0.15, 0.2) is 24.3 Å². The predicted molar refractivity (Wildman–Crippen MR) is 106 cm³/mol. The number of ether oxygens (including phenoxy) is 1. The van der Waals surface area contributed by atoms with Crippen LogP contribution < -0.4 is 10.6 Å². The highest BCUT2D eigenvalue weighted by Gasteiger charge is 2.34. The van der Waals surface area contributed by atoms with Gasteiger partial charge in [-0.2, -0.15) is 0 Å². The van der Waals surface area contributed by atoms with Crippen LogP contribution in [0.25, 0.3) is 0 Å². The van der Waals surface area contributed by atoms with Crippen LogP contribution >= 0.6 is 0 Å². The van der Waals surface area contributed by atoms with E-state index in [1.54, 1.807) is 45.0 Å². The van der Waals surface area contributed by atoms with Crippen molar-refractivity contribution in [1.82, 2.24) is 10.2 Å². The fraction of sp³-hybridized carbons (Fsp3) is 0.550. The van der Waals surface area contributed by atoms with Crippen LogP contribution in [-0.4, -0.2) is 70.0 Å². The zero-order chi connectivity index (χ0) is 21.8. The average Bonchev–Trinajstić information content (AvgIpc) is 2.71. The molecule has 4 N–H and O–H groups in total. The van der Waals surface area contributed by atoms with Crippen LogP contribution in [0.1, 0.15) is 44.5 Å². The number of carbonyl (C=O) groups excluding carboxylic acids is 3. The van der Waals surface area contributed by atoms with E-state index < -0.39 is 29.9 Å². The van der Waals surface area contributed by atoms with Crippen LogP contribution in [0.5, 0.6) is 0 Å². The first-order valence-corrected chi connectivity index (χ1v) is 9.47. The van der Waals surface area contributed by atoms with Gasteiger partial charge in [-0.25, -0.2) is 4.79 Å². The van der Waals surface area contributed by atoms with Gasteiger partial charge in [0.25, 0.3) is 5.91 Å². The lowest BCUT2D eigenvalue weighted by atomic mass is 10.1. The summed E-state index contributed by atoms with van der Waals surface area (Å²) < 4.78 is 5.19. The topological polar surface area (TPSA) is 128 Å². The molecular formula is C20H29N3O6. The number of hydrogen-bond donors (Lipinski definition) is 4. The summed E-state index contributed by atoms with van der Waals surface area (Å²) in [4.78, 5) is 37.2. The molecule has 1 saturated heterocycles. The fourth-order valence-corrected chi connectivity index (χ4v) is 3.07. The quantitative estimate of drug-likeness (QED) is 0.594.